The third-order valence-corrected chi connectivity index (χ3v) is 4.77. The smallest absolute Gasteiger partial charge is 0.118 e. The molecule has 3 aromatic carbocycles. The summed E-state index contributed by atoms with van der Waals surface area (Å²) in [5.74, 6) is 0.757. The molecule has 0 saturated carbocycles. The summed E-state index contributed by atoms with van der Waals surface area (Å²) >= 11 is 0. The van der Waals surface area contributed by atoms with E-state index in [0.29, 0.717) is 0 Å². The number of benzene rings is 3. The van der Waals surface area contributed by atoms with Crippen LogP contribution in [-0.4, -0.2) is 30.0 Å². The fraction of sp³-hybridized carbons (Fsp3) is 0.273. The molecule has 4 heteroatoms. The number of aliphatic hydroxyl groups excluding tert-OH is 2. The Hall–Kier alpha value is -2.40. The Morgan fingerprint density at radius 1 is 0.962 bits per heavy atom. The Morgan fingerprint density at radius 3 is 2.35 bits per heavy atom. The first kappa shape index (κ1) is 18.4. The monoisotopic (exact) mass is 351 g/mol. The van der Waals surface area contributed by atoms with Gasteiger partial charge in [0, 0.05) is 6.04 Å². The van der Waals surface area contributed by atoms with Crippen LogP contribution < -0.4 is 10.1 Å². The van der Waals surface area contributed by atoms with Gasteiger partial charge >= 0.3 is 0 Å². The van der Waals surface area contributed by atoms with Gasteiger partial charge in [-0.3, -0.25) is 0 Å². The van der Waals surface area contributed by atoms with Gasteiger partial charge in [0.25, 0.3) is 0 Å². The van der Waals surface area contributed by atoms with Gasteiger partial charge in [0.15, 0.2) is 0 Å². The van der Waals surface area contributed by atoms with Gasteiger partial charge in [-0.05, 0) is 41.0 Å². The second-order valence-corrected chi connectivity index (χ2v) is 6.46. The molecule has 0 unspecified atom stereocenters. The van der Waals surface area contributed by atoms with Gasteiger partial charge in [-0.25, -0.2) is 0 Å². The number of hydrogen-bond donors (Lipinski definition) is 3. The average molecular weight is 351 g/mol. The van der Waals surface area contributed by atoms with Gasteiger partial charge in [0.05, 0.1) is 25.9 Å². The molecule has 26 heavy (non-hydrogen) atoms. The molecule has 0 fully saturated rings. The SMILES string of the molecule is COc1ccc([C@H](N[C@H](C)c2cccc3ccccc23)[C@H](O)CO)cc1. The second-order valence-electron chi connectivity index (χ2n) is 6.46. The quantitative estimate of drug-likeness (QED) is 0.609. The van der Waals surface area contributed by atoms with Gasteiger partial charge < -0.3 is 20.3 Å². The molecule has 3 aromatic rings. The molecule has 0 aliphatic rings. The first-order valence-electron chi connectivity index (χ1n) is 8.80. The minimum absolute atomic E-state index is 0.00518. The Labute approximate surface area is 154 Å². The molecule has 0 aliphatic carbocycles. The standard InChI is InChI=1S/C22H25NO3/c1-15(19-9-5-7-16-6-3-4-8-20(16)19)23-22(21(25)14-24)17-10-12-18(26-2)13-11-17/h3-13,15,21-25H,14H2,1-2H3/t15-,21-,22+/m1/s1. The van der Waals surface area contributed by atoms with Crippen LogP contribution in [0.2, 0.25) is 0 Å². The highest BCUT2D eigenvalue weighted by atomic mass is 16.5. The Morgan fingerprint density at radius 2 is 1.65 bits per heavy atom. The zero-order valence-corrected chi connectivity index (χ0v) is 15.1. The van der Waals surface area contributed by atoms with Crippen molar-refractivity contribution in [3.8, 4) is 5.75 Å². The number of aliphatic hydroxyl groups is 2. The largest absolute Gasteiger partial charge is 0.497 e. The minimum Gasteiger partial charge on any atom is -0.497 e. The fourth-order valence-electron chi connectivity index (χ4n) is 3.33. The van der Waals surface area contributed by atoms with Gasteiger partial charge in [-0.2, -0.15) is 0 Å². The second kappa shape index (κ2) is 8.32. The molecule has 0 spiro atoms. The van der Waals surface area contributed by atoms with Crippen molar-refractivity contribution in [1.29, 1.82) is 0 Å². The summed E-state index contributed by atoms with van der Waals surface area (Å²) in [6.07, 6.45) is -0.902. The lowest BCUT2D eigenvalue weighted by atomic mass is 9.96. The van der Waals surface area contributed by atoms with Crippen LogP contribution in [0.3, 0.4) is 0 Å². The summed E-state index contributed by atoms with van der Waals surface area (Å²) in [7, 11) is 1.62. The van der Waals surface area contributed by atoms with E-state index in [9.17, 15) is 10.2 Å². The summed E-state index contributed by atoms with van der Waals surface area (Å²) in [5.41, 5.74) is 2.06. The molecule has 0 saturated heterocycles. The van der Waals surface area contributed by atoms with E-state index in [4.69, 9.17) is 4.74 Å². The molecular formula is C22H25NO3. The number of rotatable bonds is 7. The molecule has 0 heterocycles. The van der Waals surface area contributed by atoms with Crippen molar-refractivity contribution in [3.63, 3.8) is 0 Å². The van der Waals surface area contributed by atoms with E-state index >= 15 is 0 Å². The lowest BCUT2D eigenvalue weighted by Gasteiger charge is -2.28. The summed E-state index contributed by atoms with van der Waals surface area (Å²) in [4.78, 5) is 0. The predicted molar refractivity (Wildman–Crippen MR) is 104 cm³/mol. The summed E-state index contributed by atoms with van der Waals surface area (Å²) in [6, 6.07) is 21.6. The first-order chi connectivity index (χ1) is 12.6. The normalized spacial score (nSPS) is 14.8. The number of fused-ring (bicyclic) bond motifs is 1. The first-order valence-corrected chi connectivity index (χ1v) is 8.80. The van der Waals surface area contributed by atoms with Crippen LogP contribution in [0, 0.1) is 0 Å². The van der Waals surface area contributed by atoms with Gasteiger partial charge in [0.1, 0.15) is 5.75 Å². The maximum Gasteiger partial charge on any atom is 0.118 e. The number of hydrogen-bond acceptors (Lipinski definition) is 4. The van der Waals surface area contributed by atoms with Crippen molar-refractivity contribution in [1.82, 2.24) is 5.32 Å². The molecule has 4 nitrogen and oxygen atoms in total. The molecule has 3 rings (SSSR count). The Balaban J connectivity index is 1.90. The van der Waals surface area contributed by atoms with Gasteiger partial charge in [-0.1, -0.05) is 54.6 Å². The average Bonchev–Trinajstić information content (AvgIpc) is 2.71. The van der Waals surface area contributed by atoms with Crippen LogP contribution in [0.4, 0.5) is 0 Å². The van der Waals surface area contributed by atoms with Crippen molar-refractivity contribution in [3.05, 3.63) is 77.9 Å². The highest BCUT2D eigenvalue weighted by Crippen LogP contribution is 2.28. The maximum atomic E-state index is 10.4. The van der Waals surface area contributed by atoms with Crippen LogP contribution in [0.1, 0.15) is 30.1 Å². The Bertz CT molecular complexity index is 842. The lowest BCUT2D eigenvalue weighted by Crippen LogP contribution is -2.35. The Kier molecular flexibility index (Phi) is 5.89. The molecular weight excluding hydrogens is 326 g/mol. The van der Waals surface area contributed by atoms with Crippen LogP contribution >= 0.6 is 0 Å². The van der Waals surface area contributed by atoms with Crippen LogP contribution in [0.15, 0.2) is 66.7 Å². The lowest BCUT2D eigenvalue weighted by molar-refractivity contribution is 0.0590. The van der Waals surface area contributed by atoms with Gasteiger partial charge in [0.2, 0.25) is 0 Å². The van der Waals surface area contributed by atoms with E-state index in [0.717, 1.165) is 16.9 Å². The van der Waals surface area contributed by atoms with E-state index < -0.39 is 6.10 Å². The van der Waals surface area contributed by atoms with Gasteiger partial charge in [-0.15, -0.1) is 0 Å². The number of ether oxygens (including phenoxy) is 1. The van der Waals surface area contributed by atoms with Crippen LogP contribution in [0.5, 0.6) is 5.75 Å². The molecule has 136 valence electrons. The molecule has 3 N–H and O–H groups in total. The molecule has 0 bridgehead atoms. The molecule has 0 aromatic heterocycles. The highest BCUT2D eigenvalue weighted by Gasteiger charge is 2.23. The predicted octanol–water partition coefficient (Wildman–Crippen LogP) is 3.59. The maximum absolute atomic E-state index is 10.4. The van der Waals surface area contributed by atoms with E-state index in [1.165, 1.54) is 10.8 Å². The van der Waals surface area contributed by atoms with Crippen molar-refractivity contribution < 1.29 is 14.9 Å². The summed E-state index contributed by atoms with van der Waals surface area (Å²) in [6.45, 7) is 1.76. The van der Waals surface area contributed by atoms with Crippen molar-refractivity contribution in [2.75, 3.05) is 13.7 Å². The molecule has 0 aliphatic heterocycles. The number of methoxy groups -OCH3 is 1. The highest BCUT2D eigenvalue weighted by molar-refractivity contribution is 5.86. The summed E-state index contributed by atoms with van der Waals surface area (Å²) < 4.78 is 5.20. The third kappa shape index (κ3) is 3.88. The van der Waals surface area contributed by atoms with Crippen molar-refractivity contribution in [2.24, 2.45) is 0 Å². The third-order valence-electron chi connectivity index (χ3n) is 4.77. The molecule has 0 amide bonds. The summed E-state index contributed by atoms with van der Waals surface area (Å²) in [5, 5.41) is 25.7. The van der Waals surface area contributed by atoms with E-state index in [2.05, 4.69) is 36.5 Å². The molecule has 3 atom stereocenters. The zero-order chi connectivity index (χ0) is 18.5. The minimum atomic E-state index is -0.902. The number of nitrogens with one attached hydrogen (secondary N) is 1. The van der Waals surface area contributed by atoms with E-state index in [-0.39, 0.29) is 18.7 Å². The molecule has 0 radical (unpaired) electrons. The van der Waals surface area contributed by atoms with E-state index in [1.807, 2.05) is 42.5 Å². The van der Waals surface area contributed by atoms with Crippen molar-refractivity contribution >= 4 is 10.8 Å². The van der Waals surface area contributed by atoms with Crippen LogP contribution in [-0.2, 0) is 0 Å². The fourth-order valence-corrected chi connectivity index (χ4v) is 3.33. The topological polar surface area (TPSA) is 61.7 Å². The zero-order valence-electron chi connectivity index (χ0n) is 15.1. The van der Waals surface area contributed by atoms with Crippen molar-refractivity contribution in [2.45, 2.75) is 25.1 Å². The van der Waals surface area contributed by atoms with E-state index in [1.54, 1.807) is 7.11 Å². The van der Waals surface area contributed by atoms with Crippen LogP contribution in [0.25, 0.3) is 10.8 Å².